The summed E-state index contributed by atoms with van der Waals surface area (Å²) in [4.78, 5) is 23.6. The first-order chi connectivity index (χ1) is 9.15. The van der Waals surface area contributed by atoms with Gasteiger partial charge in [0.2, 0.25) is 0 Å². The molecule has 0 bridgehead atoms. The average molecular weight is 297 g/mol. The van der Waals surface area contributed by atoms with Crippen molar-refractivity contribution < 1.29 is 32.4 Å². The second kappa shape index (κ2) is 5.67. The lowest BCUT2D eigenvalue weighted by atomic mass is 10.2. The topological polar surface area (TPSA) is 105 Å². The van der Waals surface area contributed by atoms with Crippen molar-refractivity contribution in [1.29, 1.82) is 0 Å². The maximum absolute atomic E-state index is 12.6. The van der Waals surface area contributed by atoms with E-state index >= 15 is 0 Å². The lowest BCUT2D eigenvalue weighted by Crippen LogP contribution is -2.35. The van der Waals surface area contributed by atoms with Gasteiger partial charge in [-0.05, 0) is 0 Å². The maximum atomic E-state index is 12.6. The third-order valence-electron chi connectivity index (χ3n) is 2.13. The Kier molecular flexibility index (Phi) is 4.42. The van der Waals surface area contributed by atoms with E-state index in [1.165, 1.54) is 0 Å². The van der Waals surface area contributed by atoms with Gasteiger partial charge in [-0.25, -0.2) is 18.6 Å². The minimum atomic E-state index is -4.34. The molecule has 0 unspecified atom stereocenters. The van der Waals surface area contributed by atoms with Crippen LogP contribution in [-0.2, 0) is 0 Å². The zero-order valence-electron chi connectivity index (χ0n) is 9.52. The van der Waals surface area contributed by atoms with Gasteiger partial charge in [0.05, 0.1) is 11.5 Å². The molecule has 0 fully saturated rings. The number of nitro groups is 1. The van der Waals surface area contributed by atoms with Gasteiger partial charge in [-0.3, -0.25) is 10.1 Å². The van der Waals surface area contributed by atoms with Crippen LogP contribution < -0.4 is 5.32 Å². The molecule has 0 aromatic carbocycles. The minimum absolute atomic E-state index is 0.492. The smallest absolute Gasteiger partial charge is 0.342 e. The van der Waals surface area contributed by atoms with Gasteiger partial charge >= 0.3 is 24.0 Å². The Morgan fingerprint density at radius 3 is 2.60 bits per heavy atom. The molecule has 0 aliphatic heterocycles. The van der Waals surface area contributed by atoms with Crippen LogP contribution in [0.15, 0.2) is 12.3 Å². The second-order valence-corrected chi connectivity index (χ2v) is 3.56. The third-order valence-corrected chi connectivity index (χ3v) is 2.13. The number of alkyl halides is 4. The number of carboxylic acids is 1. The quantitative estimate of drug-likeness (QED) is 0.472. The van der Waals surface area contributed by atoms with E-state index in [9.17, 15) is 32.5 Å². The van der Waals surface area contributed by atoms with Crippen LogP contribution in [0.4, 0.5) is 29.1 Å². The van der Waals surface area contributed by atoms with E-state index in [-0.39, 0.29) is 0 Å². The zero-order valence-corrected chi connectivity index (χ0v) is 9.52. The summed E-state index contributed by atoms with van der Waals surface area (Å²) in [6, 6.07) is 0.613. The largest absolute Gasteiger partial charge is 0.477 e. The van der Waals surface area contributed by atoms with Crippen molar-refractivity contribution in [2.24, 2.45) is 0 Å². The van der Waals surface area contributed by atoms with Gasteiger partial charge < -0.3 is 10.4 Å². The number of rotatable bonds is 6. The van der Waals surface area contributed by atoms with E-state index in [0.717, 1.165) is 0 Å². The van der Waals surface area contributed by atoms with Crippen LogP contribution in [0, 0.1) is 10.1 Å². The molecule has 20 heavy (non-hydrogen) atoms. The lowest BCUT2D eigenvalue weighted by Gasteiger charge is -2.16. The first kappa shape index (κ1) is 15.6. The Hall–Kier alpha value is -2.46. The lowest BCUT2D eigenvalue weighted by molar-refractivity contribution is -0.385. The summed E-state index contributed by atoms with van der Waals surface area (Å²) in [6.07, 6.45) is -3.38. The van der Waals surface area contributed by atoms with Crippen LogP contribution >= 0.6 is 0 Å². The Morgan fingerprint density at radius 2 is 2.15 bits per heavy atom. The summed E-state index contributed by atoms with van der Waals surface area (Å²) in [7, 11) is 0. The summed E-state index contributed by atoms with van der Waals surface area (Å²) >= 11 is 0. The number of hydrogen-bond acceptors (Lipinski definition) is 5. The van der Waals surface area contributed by atoms with Crippen LogP contribution in [-0.4, -0.2) is 39.9 Å². The fourth-order valence-electron chi connectivity index (χ4n) is 1.15. The fraction of sp³-hybridized carbons (Fsp3) is 0.333. The number of nitrogens with one attached hydrogen (secondary N) is 1. The summed E-state index contributed by atoms with van der Waals surface area (Å²) in [5.74, 6) is -6.51. The Bertz CT molecular complexity index is 538. The number of anilines is 1. The van der Waals surface area contributed by atoms with Crippen LogP contribution in [0.3, 0.4) is 0 Å². The normalized spacial score (nSPS) is 11.4. The van der Waals surface area contributed by atoms with Gasteiger partial charge in [-0.1, -0.05) is 0 Å². The molecule has 1 rings (SSSR count). The predicted octanol–water partition coefficient (Wildman–Crippen LogP) is 2.00. The molecule has 0 radical (unpaired) electrons. The van der Waals surface area contributed by atoms with Crippen molar-refractivity contribution in [2.75, 3.05) is 11.9 Å². The SMILES string of the molecule is O=C(O)c1cc(NCC(F)(F)C(F)F)ncc1[N+](=O)[O-]. The first-order valence-electron chi connectivity index (χ1n) is 4.92. The number of halogens is 4. The predicted molar refractivity (Wildman–Crippen MR) is 57.3 cm³/mol. The molecule has 0 atom stereocenters. The van der Waals surface area contributed by atoms with Gasteiger partial charge in [0, 0.05) is 6.07 Å². The molecule has 1 aromatic heterocycles. The summed E-state index contributed by atoms with van der Waals surface area (Å²) < 4.78 is 49.1. The summed E-state index contributed by atoms with van der Waals surface area (Å²) in [5, 5.41) is 21.0. The average Bonchev–Trinajstić information content (AvgIpc) is 2.35. The van der Waals surface area contributed by atoms with Crippen LogP contribution in [0.1, 0.15) is 10.4 Å². The molecule has 110 valence electrons. The molecule has 0 saturated heterocycles. The Balaban J connectivity index is 2.96. The Labute approximate surface area is 108 Å². The van der Waals surface area contributed by atoms with E-state index in [2.05, 4.69) is 4.98 Å². The van der Waals surface area contributed by atoms with E-state index in [1.54, 1.807) is 5.32 Å². The van der Waals surface area contributed by atoms with Crippen molar-refractivity contribution in [2.45, 2.75) is 12.3 Å². The van der Waals surface area contributed by atoms with Crippen molar-refractivity contribution in [3.63, 3.8) is 0 Å². The number of carbonyl (C=O) groups is 1. The molecule has 11 heteroatoms. The first-order valence-corrected chi connectivity index (χ1v) is 4.92. The summed E-state index contributed by atoms with van der Waals surface area (Å²) in [6.45, 7) is -1.49. The van der Waals surface area contributed by atoms with E-state index in [4.69, 9.17) is 5.11 Å². The third kappa shape index (κ3) is 3.52. The van der Waals surface area contributed by atoms with Crippen LogP contribution in [0.5, 0.6) is 0 Å². The molecule has 0 aliphatic rings. The van der Waals surface area contributed by atoms with Gasteiger partial charge in [0.25, 0.3) is 0 Å². The number of nitrogens with zero attached hydrogens (tertiary/aromatic N) is 2. The fourth-order valence-corrected chi connectivity index (χ4v) is 1.15. The molecule has 0 spiro atoms. The number of pyridine rings is 1. The molecule has 0 saturated carbocycles. The highest BCUT2D eigenvalue weighted by Crippen LogP contribution is 2.24. The highest BCUT2D eigenvalue weighted by Gasteiger charge is 2.40. The molecule has 7 nitrogen and oxygen atoms in total. The van der Waals surface area contributed by atoms with Crippen molar-refractivity contribution in [1.82, 2.24) is 4.98 Å². The Morgan fingerprint density at radius 1 is 1.55 bits per heavy atom. The highest BCUT2D eigenvalue weighted by molar-refractivity contribution is 5.93. The number of aromatic nitrogens is 1. The molecule has 2 N–H and O–H groups in total. The minimum Gasteiger partial charge on any atom is -0.477 e. The van der Waals surface area contributed by atoms with Crippen molar-refractivity contribution in [3.8, 4) is 0 Å². The zero-order chi connectivity index (χ0) is 15.5. The standard InChI is InChI=1S/C9H7F4N3O4/c10-8(11)9(12,13)3-15-6-1-4(7(17)18)5(2-14-6)16(19)20/h1-2,8H,3H2,(H,14,15)(H,17,18). The second-order valence-electron chi connectivity index (χ2n) is 3.56. The van der Waals surface area contributed by atoms with Crippen molar-refractivity contribution >= 4 is 17.5 Å². The van der Waals surface area contributed by atoms with E-state index < -0.39 is 46.9 Å². The van der Waals surface area contributed by atoms with Crippen molar-refractivity contribution in [3.05, 3.63) is 27.9 Å². The number of hydrogen-bond donors (Lipinski definition) is 2. The number of aromatic carboxylic acids is 1. The number of carboxylic acid groups (broad SMARTS) is 1. The molecule has 0 aliphatic carbocycles. The molecular formula is C9H7F4N3O4. The van der Waals surface area contributed by atoms with Gasteiger partial charge in [-0.2, -0.15) is 8.78 Å². The molecule has 0 amide bonds. The molecule has 1 heterocycles. The summed E-state index contributed by atoms with van der Waals surface area (Å²) in [5.41, 5.74) is -1.64. The van der Waals surface area contributed by atoms with E-state index in [0.29, 0.717) is 12.3 Å². The van der Waals surface area contributed by atoms with Gasteiger partial charge in [-0.15, -0.1) is 0 Å². The van der Waals surface area contributed by atoms with Gasteiger partial charge in [0.1, 0.15) is 17.6 Å². The monoisotopic (exact) mass is 297 g/mol. The van der Waals surface area contributed by atoms with E-state index in [1.807, 2.05) is 0 Å². The molecule has 1 aromatic rings. The maximum Gasteiger partial charge on any atom is 0.342 e. The molecular weight excluding hydrogens is 290 g/mol. The van der Waals surface area contributed by atoms with Crippen LogP contribution in [0.2, 0.25) is 0 Å². The highest BCUT2D eigenvalue weighted by atomic mass is 19.3. The van der Waals surface area contributed by atoms with Gasteiger partial charge in [0.15, 0.2) is 0 Å². The van der Waals surface area contributed by atoms with Crippen LogP contribution in [0.25, 0.3) is 0 Å².